The molecule has 2 aromatic carbocycles. The highest BCUT2D eigenvalue weighted by molar-refractivity contribution is 8.00. The average Bonchev–Trinajstić information content (AvgIpc) is 2.66. The maximum atomic E-state index is 11.9. The van der Waals surface area contributed by atoms with Gasteiger partial charge in [-0.3, -0.25) is 4.79 Å². The van der Waals surface area contributed by atoms with Crippen molar-refractivity contribution in [3.63, 3.8) is 0 Å². The molecule has 0 spiro atoms. The summed E-state index contributed by atoms with van der Waals surface area (Å²) in [6.45, 7) is 6.08. The van der Waals surface area contributed by atoms with Gasteiger partial charge in [0.15, 0.2) is 0 Å². The van der Waals surface area contributed by atoms with Gasteiger partial charge in [0.25, 0.3) is 0 Å². The van der Waals surface area contributed by atoms with E-state index in [4.69, 9.17) is 14.2 Å². The monoisotopic (exact) mass is 375 g/mol. The molecule has 0 atom stereocenters. The predicted octanol–water partition coefficient (Wildman–Crippen LogP) is 3.77. The SMILES string of the molecule is CCOc1ccc(OCCNC(=O)CSc2ccc(OCC)cc2)cc1. The molecule has 5 nitrogen and oxygen atoms in total. The molecule has 0 saturated heterocycles. The quantitative estimate of drug-likeness (QED) is 0.479. The molecule has 0 aliphatic rings. The van der Waals surface area contributed by atoms with Gasteiger partial charge in [-0.25, -0.2) is 0 Å². The van der Waals surface area contributed by atoms with Crippen molar-refractivity contribution in [1.29, 1.82) is 0 Å². The van der Waals surface area contributed by atoms with E-state index in [-0.39, 0.29) is 5.91 Å². The van der Waals surface area contributed by atoms with Crippen LogP contribution in [0.4, 0.5) is 0 Å². The summed E-state index contributed by atoms with van der Waals surface area (Å²) in [6.07, 6.45) is 0. The van der Waals surface area contributed by atoms with Gasteiger partial charge in [0, 0.05) is 4.90 Å². The van der Waals surface area contributed by atoms with Crippen molar-refractivity contribution in [1.82, 2.24) is 5.32 Å². The van der Waals surface area contributed by atoms with Crippen molar-refractivity contribution in [3.8, 4) is 17.2 Å². The Morgan fingerprint density at radius 2 is 1.35 bits per heavy atom. The molecule has 1 N–H and O–H groups in total. The van der Waals surface area contributed by atoms with E-state index in [9.17, 15) is 4.79 Å². The van der Waals surface area contributed by atoms with Crippen molar-refractivity contribution in [2.45, 2.75) is 18.7 Å². The van der Waals surface area contributed by atoms with Gasteiger partial charge in [0.1, 0.15) is 23.9 Å². The number of hydrogen-bond donors (Lipinski definition) is 1. The molecule has 0 aromatic heterocycles. The van der Waals surface area contributed by atoms with Crippen LogP contribution in [0.5, 0.6) is 17.2 Å². The third-order valence-electron chi connectivity index (χ3n) is 3.33. The van der Waals surface area contributed by atoms with Crippen LogP contribution < -0.4 is 19.5 Å². The summed E-state index contributed by atoms with van der Waals surface area (Å²) in [7, 11) is 0. The number of ether oxygens (including phenoxy) is 3. The van der Waals surface area contributed by atoms with Crippen LogP contribution in [0.1, 0.15) is 13.8 Å². The molecular formula is C20H25NO4S. The first-order chi connectivity index (χ1) is 12.7. The molecule has 0 aliphatic carbocycles. The molecular weight excluding hydrogens is 350 g/mol. The molecule has 6 heteroatoms. The fourth-order valence-corrected chi connectivity index (χ4v) is 2.89. The fraction of sp³-hybridized carbons (Fsp3) is 0.350. The zero-order chi connectivity index (χ0) is 18.6. The second-order valence-electron chi connectivity index (χ2n) is 5.30. The average molecular weight is 375 g/mol. The summed E-state index contributed by atoms with van der Waals surface area (Å²) in [6, 6.07) is 15.2. The van der Waals surface area contributed by atoms with Gasteiger partial charge in [-0.1, -0.05) is 0 Å². The normalized spacial score (nSPS) is 10.2. The van der Waals surface area contributed by atoms with E-state index in [1.54, 1.807) is 0 Å². The summed E-state index contributed by atoms with van der Waals surface area (Å²) in [5.74, 6) is 2.77. The number of carbonyl (C=O) groups is 1. The lowest BCUT2D eigenvalue weighted by molar-refractivity contribution is -0.118. The Morgan fingerprint density at radius 3 is 1.88 bits per heavy atom. The smallest absolute Gasteiger partial charge is 0.230 e. The number of amides is 1. The number of benzene rings is 2. The topological polar surface area (TPSA) is 56.8 Å². The highest BCUT2D eigenvalue weighted by Gasteiger charge is 2.03. The van der Waals surface area contributed by atoms with Gasteiger partial charge in [0.2, 0.25) is 5.91 Å². The Morgan fingerprint density at radius 1 is 0.846 bits per heavy atom. The molecule has 0 aliphatic heterocycles. The van der Waals surface area contributed by atoms with Crippen molar-refractivity contribution < 1.29 is 19.0 Å². The van der Waals surface area contributed by atoms with Crippen molar-refractivity contribution in [2.75, 3.05) is 32.1 Å². The second kappa shape index (κ2) is 11.3. The third-order valence-corrected chi connectivity index (χ3v) is 4.34. The van der Waals surface area contributed by atoms with Crippen LogP contribution in [0.2, 0.25) is 0 Å². The summed E-state index contributed by atoms with van der Waals surface area (Å²) in [4.78, 5) is 12.9. The van der Waals surface area contributed by atoms with Gasteiger partial charge >= 0.3 is 0 Å². The number of nitrogens with one attached hydrogen (secondary N) is 1. The third kappa shape index (κ3) is 7.27. The molecule has 140 valence electrons. The lowest BCUT2D eigenvalue weighted by Crippen LogP contribution is -2.29. The zero-order valence-corrected chi connectivity index (χ0v) is 16.0. The molecule has 0 saturated carbocycles. The van der Waals surface area contributed by atoms with Gasteiger partial charge in [-0.2, -0.15) is 0 Å². The minimum atomic E-state index is -0.0146. The van der Waals surface area contributed by atoms with Crippen molar-refractivity contribution in [2.24, 2.45) is 0 Å². The van der Waals surface area contributed by atoms with E-state index >= 15 is 0 Å². The second-order valence-corrected chi connectivity index (χ2v) is 6.34. The molecule has 0 fully saturated rings. The first-order valence-corrected chi connectivity index (χ1v) is 9.67. The van der Waals surface area contributed by atoms with Crippen molar-refractivity contribution in [3.05, 3.63) is 48.5 Å². The predicted molar refractivity (Wildman–Crippen MR) is 104 cm³/mol. The molecule has 2 rings (SSSR count). The van der Waals surface area contributed by atoms with E-state index in [0.717, 1.165) is 22.1 Å². The maximum absolute atomic E-state index is 11.9. The summed E-state index contributed by atoms with van der Waals surface area (Å²) >= 11 is 1.49. The molecule has 1 amide bonds. The highest BCUT2D eigenvalue weighted by Crippen LogP contribution is 2.21. The minimum absolute atomic E-state index is 0.0146. The van der Waals surface area contributed by atoms with E-state index in [1.165, 1.54) is 11.8 Å². The Bertz CT molecular complexity index is 659. The van der Waals surface area contributed by atoms with Gasteiger partial charge < -0.3 is 19.5 Å². The molecule has 0 heterocycles. The van der Waals surface area contributed by atoms with Crippen molar-refractivity contribution >= 4 is 17.7 Å². The van der Waals surface area contributed by atoms with E-state index in [2.05, 4.69) is 5.32 Å². The number of rotatable bonds is 11. The first-order valence-electron chi connectivity index (χ1n) is 8.69. The molecule has 2 aromatic rings. The maximum Gasteiger partial charge on any atom is 0.230 e. The summed E-state index contributed by atoms with van der Waals surface area (Å²) < 4.78 is 16.4. The van der Waals surface area contributed by atoms with Crippen LogP contribution in [0.15, 0.2) is 53.4 Å². The highest BCUT2D eigenvalue weighted by atomic mass is 32.2. The standard InChI is InChI=1S/C20H25NO4S/c1-3-23-16-5-7-18(8-6-16)25-14-13-21-20(22)15-26-19-11-9-17(10-12-19)24-4-2/h5-12H,3-4,13-15H2,1-2H3,(H,21,22). The van der Waals surface area contributed by atoms with Crippen LogP contribution in [-0.2, 0) is 4.79 Å². The molecule has 0 radical (unpaired) electrons. The lowest BCUT2D eigenvalue weighted by Gasteiger charge is -2.09. The van der Waals surface area contributed by atoms with E-state index < -0.39 is 0 Å². The Balaban J connectivity index is 1.61. The van der Waals surface area contributed by atoms with Gasteiger partial charge in [0.05, 0.1) is 25.5 Å². The zero-order valence-electron chi connectivity index (χ0n) is 15.2. The van der Waals surface area contributed by atoms with Crippen LogP contribution >= 0.6 is 11.8 Å². The van der Waals surface area contributed by atoms with E-state index in [0.29, 0.717) is 32.1 Å². The summed E-state index contributed by atoms with van der Waals surface area (Å²) in [5, 5.41) is 2.85. The van der Waals surface area contributed by atoms with Gasteiger partial charge in [-0.05, 0) is 62.4 Å². The minimum Gasteiger partial charge on any atom is -0.494 e. The summed E-state index contributed by atoms with van der Waals surface area (Å²) in [5.41, 5.74) is 0. The number of thioether (sulfide) groups is 1. The van der Waals surface area contributed by atoms with Crippen LogP contribution in [-0.4, -0.2) is 38.0 Å². The molecule has 0 bridgehead atoms. The fourth-order valence-electron chi connectivity index (χ4n) is 2.16. The number of hydrogen-bond acceptors (Lipinski definition) is 5. The van der Waals surface area contributed by atoms with Crippen LogP contribution in [0.3, 0.4) is 0 Å². The Kier molecular flexibility index (Phi) is 8.69. The molecule has 0 unspecified atom stereocenters. The van der Waals surface area contributed by atoms with Crippen LogP contribution in [0.25, 0.3) is 0 Å². The Labute approximate surface area is 159 Å². The van der Waals surface area contributed by atoms with Crippen LogP contribution in [0, 0.1) is 0 Å². The van der Waals surface area contributed by atoms with E-state index in [1.807, 2.05) is 62.4 Å². The number of carbonyl (C=O) groups excluding carboxylic acids is 1. The largest absolute Gasteiger partial charge is 0.494 e. The first kappa shape index (κ1) is 20.0. The molecule has 26 heavy (non-hydrogen) atoms. The lowest BCUT2D eigenvalue weighted by atomic mass is 10.3. The van der Waals surface area contributed by atoms with Gasteiger partial charge in [-0.15, -0.1) is 11.8 Å². The Hall–Kier alpha value is -2.34.